The topological polar surface area (TPSA) is 49.8 Å². The Morgan fingerprint density at radius 1 is 0.788 bits per heavy atom. The second-order valence-electron chi connectivity index (χ2n) is 7.36. The Morgan fingerprint density at radius 3 is 2.03 bits per heavy atom. The molecule has 1 N–H and O–H groups in total. The highest BCUT2D eigenvalue weighted by Gasteiger charge is 2.71. The molecular formula is C23H15F6NO3. The Labute approximate surface area is 183 Å². The van der Waals surface area contributed by atoms with Crippen LogP contribution in [-0.2, 0) is 12.1 Å². The summed E-state index contributed by atoms with van der Waals surface area (Å²) in [4.78, 5) is 14.4. The van der Waals surface area contributed by atoms with Gasteiger partial charge in [0, 0.05) is 5.56 Å². The third kappa shape index (κ3) is 3.80. The number of anilines is 1. The number of para-hydroxylation sites is 1. The average Bonchev–Trinajstić information content (AvgIpc) is 2.87. The first kappa shape index (κ1) is 22.7. The first-order valence-electron chi connectivity index (χ1n) is 9.56. The monoisotopic (exact) mass is 467 g/mol. The zero-order chi connectivity index (χ0) is 24.0. The van der Waals surface area contributed by atoms with Crippen molar-refractivity contribution < 1.29 is 41.0 Å². The highest BCUT2D eigenvalue weighted by molar-refractivity contribution is 6.09. The summed E-state index contributed by atoms with van der Waals surface area (Å²) in [7, 11) is 0. The quantitative estimate of drug-likeness (QED) is 0.485. The molecule has 10 heteroatoms. The minimum Gasteiger partial charge on any atom is -0.454 e. The number of alkyl halides is 6. The number of carbonyl (C=O) groups is 1. The van der Waals surface area contributed by atoms with Crippen LogP contribution in [0.2, 0.25) is 0 Å². The minimum atomic E-state index is -6.05. The van der Waals surface area contributed by atoms with E-state index in [2.05, 4.69) is 0 Å². The molecule has 0 saturated carbocycles. The van der Waals surface area contributed by atoms with E-state index in [0.717, 1.165) is 6.07 Å². The fraction of sp³-hybridized carbons (Fsp3) is 0.174. The standard InChI is InChI=1S/C23H15F6NO3/c24-22(25,26)21(32,23(27,28)29)15-10-11-17-19(12-15)33-18-9-5-4-8-16(18)20(31)30(17)13-14-6-2-1-3-7-14/h1-12,32H,13H2. The number of aliphatic hydroxyl groups is 1. The van der Waals surface area contributed by atoms with Crippen LogP contribution >= 0.6 is 0 Å². The van der Waals surface area contributed by atoms with Gasteiger partial charge in [-0.1, -0.05) is 48.5 Å². The van der Waals surface area contributed by atoms with Crippen LogP contribution in [0.3, 0.4) is 0 Å². The molecule has 0 bridgehead atoms. The molecule has 3 aromatic rings. The number of hydrogen-bond donors (Lipinski definition) is 1. The number of carbonyl (C=O) groups excluding carboxylic acids is 1. The van der Waals surface area contributed by atoms with Crippen LogP contribution in [0.25, 0.3) is 0 Å². The first-order chi connectivity index (χ1) is 15.4. The van der Waals surface area contributed by atoms with Crippen molar-refractivity contribution in [3.05, 3.63) is 89.5 Å². The van der Waals surface area contributed by atoms with Crippen molar-refractivity contribution in [2.24, 2.45) is 0 Å². The first-order valence-corrected chi connectivity index (χ1v) is 9.56. The molecule has 1 aliphatic heterocycles. The van der Waals surface area contributed by atoms with E-state index in [1.165, 1.54) is 23.1 Å². The molecule has 33 heavy (non-hydrogen) atoms. The molecular weight excluding hydrogens is 452 g/mol. The van der Waals surface area contributed by atoms with Crippen LogP contribution in [-0.4, -0.2) is 23.4 Å². The average molecular weight is 467 g/mol. The Morgan fingerprint density at radius 2 is 1.39 bits per heavy atom. The predicted molar refractivity (Wildman–Crippen MR) is 106 cm³/mol. The van der Waals surface area contributed by atoms with E-state index in [9.17, 15) is 36.2 Å². The van der Waals surface area contributed by atoms with Crippen LogP contribution in [0.15, 0.2) is 72.8 Å². The molecule has 0 spiro atoms. The summed E-state index contributed by atoms with van der Waals surface area (Å²) in [6.07, 6.45) is -12.1. The normalized spacial score (nSPS) is 14.3. The fourth-order valence-corrected chi connectivity index (χ4v) is 3.56. The maximum atomic E-state index is 13.4. The number of halogens is 6. The SMILES string of the molecule is O=C1c2ccccc2Oc2cc(C(O)(C(F)(F)F)C(F)(F)F)ccc2N1Cc1ccccc1. The third-order valence-corrected chi connectivity index (χ3v) is 5.25. The van der Waals surface area contributed by atoms with Gasteiger partial charge in [-0.15, -0.1) is 0 Å². The van der Waals surface area contributed by atoms with Gasteiger partial charge < -0.3 is 14.7 Å². The Kier molecular flexibility index (Phi) is 5.36. The van der Waals surface area contributed by atoms with Crippen LogP contribution in [0, 0.1) is 0 Å². The summed E-state index contributed by atoms with van der Waals surface area (Å²) in [5, 5.41) is 9.79. The lowest BCUT2D eigenvalue weighted by Crippen LogP contribution is -2.53. The van der Waals surface area contributed by atoms with Crippen molar-refractivity contribution >= 4 is 11.6 Å². The van der Waals surface area contributed by atoms with Gasteiger partial charge in [0.15, 0.2) is 5.75 Å². The Hall–Kier alpha value is -3.53. The number of benzene rings is 3. The molecule has 0 unspecified atom stereocenters. The van der Waals surface area contributed by atoms with Crippen molar-refractivity contribution in [1.82, 2.24) is 0 Å². The van der Waals surface area contributed by atoms with Gasteiger partial charge in [-0.2, -0.15) is 26.3 Å². The van der Waals surface area contributed by atoms with Gasteiger partial charge in [0.25, 0.3) is 11.5 Å². The second kappa shape index (κ2) is 7.80. The molecule has 0 aromatic heterocycles. The number of ether oxygens (including phenoxy) is 1. The molecule has 0 fully saturated rings. The van der Waals surface area contributed by atoms with Crippen molar-refractivity contribution in [2.75, 3.05) is 4.90 Å². The van der Waals surface area contributed by atoms with Crippen molar-refractivity contribution in [1.29, 1.82) is 0 Å². The van der Waals surface area contributed by atoms with E-state index in [0.29, 0.717) is 17.7 Å². The van der Waals surface area contributed by atoms with Gasteiger partial charge in [0.05, 0.1) is 17.8 Å². The number of amides is 1. The van der Waals surface area contributed by atoms with E-state index in [-0.39, 0.29) is 23.5 Å². The van der Waals surface area contributed by atoms with Gasteiger partial charge in [-0.3, -0.25) is 4.79 Å². The van der Waals surface area contributed by atoms with Crippen LogP contribution in [0.1, 0.15) is 21.5 Å². The summed E-state index contributed by atoms with van der Waals surface area (Å²) in [5.74, 6) is -1.03. The van der Waals surface area contributed by atoms with E-state index >= 15 is 0 Å². The zero-order valence-electron chi connectivity index (χ0n) is 16.6. The van der Waals surface area contributed by atoms with E-state index in [1.54, 1.807) is 36.4 Å². The zero-order valence-corrected chi connectivity index (χ0v) is 16.6. The largest absolute Gasteiger partial charge is 0.454 e. The van der Waals surface area contributed by atoms with Crippen LogP contribution in [0.5, 0.6) is 11.5 Å². The second-order valence-corrected chi connectivity index (χ2v) is 7.36. The number of rotatable bonds is 3. The molecule has 0 saturated heterocycles. The summed E-state index contributed by atoms with van der Waals surface area (Å²) in [6, 6.07) is 16.3. The molecule has 1 amide bonds. The highest BCUT2D eigenvalue weighted by atomic mass is 19.4. The van der Waals surface area contributed by atoms with Crippen molar-refractivity contribution in [3.63, 3.8) is 0 Å². The molecule has 3 aromatic carbocycles. The van der Waals surface area contributed by atoms with Gasteiger partial charge in [-0.25, -0.2) is 0 Å². The number of hydrogen-bond acceptors (Lipinski definition) is 3. The Bertz CT molecular complexity index is 1180. The maximum Gasteiger partial charge on any atom is 0.430 e. The van der Waals surface area contributed by atoms with E-state index in [1.807, 2.05) is 0 Å². The van der Waals surface area contributed by atoms with Crippen LogP contribution in [0.4, 0.5) is 32.0 Å². The summed E-state index contributed by atoms with van der Waals surface area (Å²) < 4.78 is 85.9. The van der Waals surface area contributed by atoms with Gasteiger partial charge in [0.2, 0.25) is 0 Å². The molecule has 0 atom stereocenters. The molecule has 4 nitrogen and oxygen atoms in total. The number of fused-ring (bicyclic) bond motifs is 2. The van der Waals surface area contributed by atoms with Gasteiger partial charge >= 0.3 is 12.4 Å². The summed E-state index contributed by atoms with van der Waals surface area (Å²) in [6.45, 7) is -0.0213. The van der Waals surface area contributed by atoms with Crippen LogP contribution < -0.4 is 9.64 Å². The highest BCUT2D eigenvalue weighted by Crippen LogP contribution is 2.52. The van der Waals surface area contributed by atoms with E-state index in [4.69, 9.17) is 4.74 Å². The maximum absolute atomic E-state index is 13.4. The van der Waals surface area contributed by atoms with Gasteiger partial charge in [0.1, 0.15) is 5.75 Å². The van der Waals surface area contributed by atoms with Crippen molar-refractivity contribution in [3.8, 4) is 11.5 Å². The molecule has 4 rings (SSSR count). The van der Waals surface area contributed by atoms with Gasteiger partial charge in [-0.05, 0) is 29.8 Å². The molecule has 0 radical (unpaired) electrons. The summed E-state index contributed by atoms with van der Waals surface area (Å²) in [5.41, 5.74) is -5.91. The molecule has 172 valence electrons. The Balaban J connectivity index is 1.90. The fourth-order valence-electron chi connectivity index (χ4n) is 3.56. The van der Waals surface area contributed by atoms with Crippen molar-refractivity contribution in [2.45, 2.75) is 24.5 Å². The molecule has 0 aliphatic carbocycles. The minimum absolute atomic E-state index is 0.0213. The third-order valence-electron chi connectivity index (χ3n) is 5.25. The smallest absolute Gasteiger partial charge is 0.430 e. The summed E-state index contributed by atoms with van der Waals surface area (Å²) >= 11 is 0. The van der Waals surface area contributed by atoms with E-state index < -0.39 is 35.2 Å². The lowest BCUT2D eigenvalue weighted by molar-refractivity contribution is -0.376. The molecule has 1 heterocycles. The lowest BCUT2D eigenvalue weighted by Gasteiger charge is -2.33. The molecule has 1 aliphatic rings. The lowest BCUT2D eigenvalue weighted by atomic mass is 9.91. The number of nitrogens with zero attached hydrogens (tertiary/aromatic N) is 1. The predicted octanol–water partition coefficient (Wildman–Crippen LogP) is 5.95.